The number of hydrogen-bond donors (Lipinski definition) is 2. The summed E-state index contributed by atoms with van der Waals surface area (Å²) < 4.78 is 0. The Labute approximate surface area is 201 Å². The lowest BCUT2D eigenvalue weighted by Gasteiger charge is -2.33. The van der Waals surface area contributed by atoms with Crippen molar-refractivity contribution >= 4 is 28.4 Å². The van der Waals surface area contributed by atoms with E-state index < -0.39 is 0 Å². The molecule has 3 aromatic rings. The van der Waals surface area contributed by atoms with Crippen molar-refractivity contribution < 1.29 is 9.59 Å². The Bertz CT molecular complexity index is 1170. The summed E-state index contributed by atoms with van der Waals surface area (Å²) in [6.45, 7) is 8.64. The van der Waals surface area contributed by atoms with Crippen LogP contribution in [0.2, 0.25) is 0 Å². The molecule has 0 radical (unpaired) electrons. The summed E-state index contributed by atoms with van der Waals surface area (Å²) in [4.78, 5) is 31.9. The molecule has 178 valence electrons. The second-order valence-corrected chi connectivity index (χ2v) is 9.32. The molecule has 2 N–H and O–H groups in total. The zero-order valence-corrected chi connectivity index (χ0v) is 20.4. The van der Waals surface area contributed by atoms with Gasteiger partial charge < -0.3 is 15.5 Å². The van der Waals surface area contributed by atoms with E-state index in [2.05, 4.69) is 22.5 Å². The Balaban J connectivity index is 1.52. The van der Waals surface area contributed by atoms with E-state index in [0.717, 1.165) is 52.9 Å². The van der Waals surface area contributed by atoms with E-state index in [1.165, 1.54) is 26.2 Å². The number of aromatic nitrogens is 1. The number of amides is 2. The average molecular weight is 459 g/mol. The molecule has 6 nitrogen and oxygen atoms in total. The third kappa shape index (κ3) is 5.81. The largest absolute Gasteiger partial charge is 0.352 e. The van der Waals surface area contributed by atoms with Gasteiger partial charge in [0, 0.05) is 42.7 Å². The molecule has 0 saturated carbocycles. The van der Waals surface area contributed by atoms with Crippen LogP contribution >= 0.6 is 0 Å². The normalized spacial score (nSPS) is 16.4. The van der Waals surface area contributed by atoms with E-state index in [-0.39, 0.29) is 11.8 Å². The van der Waals surface area contributed by atoms with Crippen molar-refractivity contribution in [2.45, 2.75) is 52.5 Å². The first-order chi connectivity index (χ1) is 16.4. The first kappa shape index (κ1) is 23.9. The van der Waals surface area contributed by atoms with Crippen molar-refractivity contribution in [3.05, 3.63) is 59.7 Å². The molecule has 1 aromatic heterocycles. The van der Waals surface area contributed by atoms with Gasteiger partial charge in [-0.25, -0.2) is 4.98 Å². The maximum absolute atomic E-state index is 13.2. The lowest BCUT2D eigenvalue weighted by atomic mass is 10.0. The first-order valence-corrected chi connectivity index (χ1v) is 12.2. The van der Waals surface area contributed by atoms with Crippen LogP contribution in [0.3, 0.4) is 0 Å². The van der Waals surface area contributed by atoms with Crippen LogP contribution in [-0.2, 0) is 4.79 Å². The number of likely N-dealkylation sites (tertiary alicyclic amines) is 1. The Morgan fingerprint density at radius 1 is 1.09 bits per heavy atom. The molecule has 2 amide bonds. The van der Waals surface area contributed by atoms with E-state index in [1.807, 2.05) is 55.5 Å². The summed E-state index contributed by atoms with van der Waals surface area (Å²) in [7, 11) is 0. The van der Waals surface area contributed by atoms with E-state index in [4.69, 9.17) is 4.98 Å². The van der Waals surface area contributed by atoms with Gasteiger partial charge in [-0.3, -0.25) is 9.59 Å². The van der Waals surface area contributed by atoms with Gasteiger partial charge in [-0.2, -0.15) is 0 Å². The third-order valence-electron chi connectivity index (χ3n) is 6.56. The number of anilines is 1. The van der Waals surface area contributed by atoms with Crippen LogP contribution in [0, 0.1) is 6.92 Å². The molecule has 0 aliphatic carbocycles. The van der Waals surface area contributed by atoms with E-state index in [0.29, 0.717) is 18.2 Å². The zero-order valence-electron chi connectivity index (χ0n) is 20.4. The Morgan fingerprint density at radius 3 is 2.62 bits per heavy atom. The van der Waals surface area contributed by atoms with E-state index in [1.54, 1.807) is 0 Å². The maximum Gasteiger partial charge on any atom is 0.252 e. The van der Waals surface area contributed by atoms with Gasteiger partial charge in [0.15, 0.2) is 0 Å². The molecule has 2 heterocycles. The third-order valence-corrected chi connectivity index (χ3v) is 6.56. The Kier molecular flexibility index (Phi) is 7.58. The van der Waals surface area contributed by atoms with Gasteiger partial charge in [0.05, 0.1) is 16.8 Å². The van der Waals surface area contributed by atoms with Crippen molar-refractivity contribution in [1.29, 1.82) is 0 Å². The van der Waals surface area contributed by atoms with Gasteiger partial charge in [-0.05, 0) is 70.0 Å². The fourth-order valence-electron chi connectivity index (χ4n) is 4.67. The summed E-state index contributed by atoms with van der Waals surface area (Å²) >= 11 is 0. The SMILES string of the molecule is CC(=O)Nc1ccc(-c2cc(C(=O)NCCCN3CCCCC3C)c3cc(C)ccc3n2)cc1. The maximum atomic E-state index is 13.2. The summed E-state index contributed by atoms with van der Waals surface area (Å²) in [5.41, 5.74) is 4.88. The highest BCUT2D eigenvalue weighted by atomic mass is 16.2. The van der Waals surface area contributed by atoms with Crippen LogP contribution in [0.15, 0.2) is 48.5 Å². The van der Waals surface area contributed by atoms with Crippen LogP contribution in [-0.4, -0.2) is 47.4 Å². The number of piperidine rings is 1. The van der Waals surface area contributed by atoms with Gasteiger partial charge >= 0.3 is 0 Å². The number of nitrogens with zero attached hydrogens (tertiary/aromatic N) is 2. The lowest BCUT2D eigenvalue weighted by molar-refractivity contribution is -0.114. The van der Waals surface area contributed by atoms with Crippen LogP contribution < -0.4 is 10.6 Å². The molecule has 1 aliphatic rings. The zero-order chi connectivity index (χ0) is 24.1. The minimum Gasteiger partial charge on any atom is -0.352 e. The molecule has 1 aliphatic heterocycles. The predicted molar refractivity (Wildman–Crippen MR) is 138 cm³/mol. The number of fused-ring (bicyclic) bond motifs is 1. The van der Waals surface area contributed by atoms with Crippen molar-refractivity contribution in [1.82, 2.24) is 15.2 Å². The molecular weight excluding hydrogens is 424 g/mol. The van der Waals surface area contributed by atoms with Crippen molar-refractivity contribution in [2.24, 2.45) is 0 Å². The van der Waals surface area contributed by atoms with E-state index >= 15 is 0 Å². The number of benzene rings is 2. The highest BCUT2D eigenvalue weighted by Crippen LogP contribution is 2.27. The topological polar surface area (TPSA) is 74.3 Å². The summed E-state index contributed by atoms with van der Waals surface area (Å²) in [6, 6.07) is 16.0. The molecule has 1 unspecified atom stereocenters. The van der Waals surface area contributed by atoms with Gasteiger partial charge in [0.2, 0.25) is 5.91 Å². The fourth-order valence-corrected chi connectivity index (χ4v) is 4.67. The average Bonchev–Trinajstić information content (AvgIpc) is 2.82. The van der Waals surface area contributed by atoms with Crippen molar-refractivity contribution in [2.75, 3.05) is 25.0 Å². The number of carbonyl (C=O) groups excluding carboxylic acids is 2. The van der Waals surface area contributed by atoms with Crippen molar-refractivity contribution in [3.8, 4) is 11.3 Å². The number of nitrogens with one attached hydrogen (secondary N) is 2. The predicted octanol–water partition coefficient (Wildman–Crippen LogP) is 5.16. The second kappa shape index (κ2) is 10.8. The number of rotatable bonds is 7. The van der Waals surface area contributed by atoms with Crippen LogP contribution in [0.25, 0.3) is 22.2 Å². The number of hydrogen-bond acceptors (Lipinski definition) is 4. The molecule has 4 rings (SSSR count). The molecule has 0 spiro atoms. The van der Waals surface area contributed by atoms with E-state index in [9.17, 15) is 9.59 Å². The minimum absolute atomic E-state index is 0.0687. The Hall–Kier alpha value is -3.25. The summed E-state index contributed by atoms with van der Waals surface area (Å²) in [5.74, 6) is -0.179. The van der Waals surface area contributed by atoms with Gasteiger partial charge in [-0.15, -0.1) is 0 Å². The fraction of sp³-hybridized carbons (Fsp3) is 0.393. The lowest BCUT2D eigenvalue weighted by Crippen LogP contribution is -2.39. The molecule has 1 atom stereocenters. The monoisotopic (exact) mass is 458 g/mol. The molecular formula is C28H34N4O2. The molecule has 0 bridgehead atoms. The smallest absolute Gasteiger partial charge is 0.252 e. The number of carbonyl (C=O) groups is 2. The molecule has 6 heteroatoms. The molecule has 34 heavy (non-hydrogen) atoms. The molecule has 2 aromatic carbocycles. The molecule has 1 saturated heterocycles. The van der Waals surface area contributed by atoms with Crippen LogP contribution in [0.4, 0.5) is 5.69 Å². The summed E-state index contributed by atoms with van der Waals surface area (Å²) in [5, 5.41) is 6.77. The minimum atomic E-state index is -0.111. The van der Waals surface area contributed by atoms with Crippen LogP contribution in [0.5, 0.6) is 0 Å². The number of aryl methyl sites for hydroxylation is 1. The van der Waals surface area contributed by atoms with Crippen molar-refractivity contribution in [3.63, 3.8) is 0 Å². The second-order valence-electron chi connectivity index (χ2n) is 9.32. The quantitative estimate of drug-likeness (QED) is 0.480. The Morgan fingerprint density at radius 2 is 1.88 bits per heavy atom. The van der Waals surface area contributed by atoms with Gasteiger partial charge in [0.1, 0.15) is 0 Å². The summed E-state index contributed by atoms with van der Waals surface area (Å²) in [6.07, 6.45) is 4.80. The van der Waals surface area contributed by atoms with Crippen LogP contribution in [0.1, 0.15) is 55.5 Å². The van der Waals surface area contributed by atoms with Gasteiger partial charge in [0.25, 0.3) is 5.91 Å². The first-order valence-electron chi connectivity index (χ1n) is 12.2. The highest BCUT2D eigenvalue weighted by Gasteiger charge is 2.18. The molecule has 1 fully saturated rings. The standard InChI is InChI=1S/C28H34N4O2/c1-19-8-13-26-24(17-19)25(28(34)29-14-6-16-32-15-5-4-7-20(32)2)18-27(31-26)22-9-11-23(12-10-22)30-21(3)33/h8-13,17-18,20H,4-7,14-16H2,1-3H3,(H,29,34)(H,30,33). The number of pyridine rings is 1. The highest BCUT2D eigenvalue weighted by molar-refractivity contribution is 6.07. The van der Waals surface area contributed by atoms with Gasteiger partial charge in [-0.1, -0.05) is 30.2 Å².